The van der Waals surface area contributed by atoms with Crippen molar-refractivity contribution < 1.29 is 9.72 Å². The Kier molecular flexibility index (Phi) is 6.02. The predicted molar refractivity (Wildman–Crippen MR) is 113 cm³/mol. The van der Waals surface area contributed by atoms with Gasteiger partial charge in [0.25, 0.3) is 11.6 Å². The Morgan fingerprint density at radius 1 is 0.964 bits per heavy atom. The van der Waals surface area contributed by atoms with Crippen molar-refractivity contribution in [3.8, 4) is 0 Å². The first-order chi connectivity index (χ1) is 13.3. The van der Waals surface area contributed by atoms with Crippen LogP contribution in [-0.4, -0.2) is 10.8 Å². The molecule has 3 aromatic carbocycles. The fourth-order valence-corrected chi connectivity index (χ4v) is 3.62. The van der Waals surface area contributed by atoms with Crippen molar-refractivity contribution in [2.45, 2.75) is 23.6 Å². The van der Waals surface area contributed by atoms with Crippen molar-refractivity contribution in [3.63, 3.8) is 0 Å². The molecule has 7 heteroatoms. The summed E-state index contributed by atoms with van der Waals surface area (Å²) in [6, 6.07) is 17.7. The van der Waals surface area contributed by atoms with Gasteiger partial charge < -0.3 is 5.32 Å². The first-order valence-electron chi connectivity index (χ1n) is 8.44. The van der Waals surface area contributed by atoms with Gasteiger partial charge >= 0.3 is 0 Å². The van der Waals surface area contributed by atoms with Crippen LogP contribution in [0.4, 0.5) is 11.4 Å². The molecule has 0 unspecified atom stereocenters. The highest BCUT2D eigenvalue weighted by Gasteiger charge is 2.16. The van der Waals surface area contributed by atoms with Gasteiger partial charge in [0.15, 0.2) is 0 Å². The second-order valence-electron chi connectivity index (χ2n) is 6.25. The third-order valence-electron chi connectivity index (χ3n) is 4.23. The Labute approximate surface area is 171 Å². The highest BCUT2D eigenvalue weighted by Crippen LogP contribution is 2.30. The zero-order valence-corrected chi connectivity index (χ0v) is 16.8. The summed E-state index contributed by atoms with van der Waals surface area (Å²) in [5.41, 5.74) is 2.97. The van der Waals surface area contributed by atoms with E-state index in [1.807, 2.05) is 12.1 Å². The number of amides is 1. The number of nitrogens with zero attached hydrogens (tertiary/aromatic N) is 1. The lowest BCUT2D eigenvalue weighted by molar-refractivity contribution is -0.384. The number of aryl methyl sites for hydroxylation is 2. The Bertz CT molecular complexity index is 1050. The summed E-state index contributed by atoms with van der Waals surface area (Å²) in [6.45, 7) is 4.16. The van der Waals surface area contributed by atoms with Gasteiger partial charge in [-0.2, -0.15) is 0 Å². The van der Waals surface area contributed by atoms with Crippen LogP contribution in [0.15, 0.2) is 70.5 Å². The van der Waals surface area contributed by atoms with E-state index in [1.54, 1.807) is 23.9 Å². The van der Waals surface area contributed by atoms with E-state index in [0.29, 0.717) is 5.69 Å². The third-order valence-corrected chi connectivity index (χ3v) is 5.55. The van der Waals surface area contributed by atoms with Gasteiger partial charge in [-0.15, -0.1) is 0 Å². The molecule has 28 heavy (non-hydrogen) atoms. The van der Waals surface area contributed by atoms with Crippen molar-refractivity contribution in [2.75, 3.05) is 5.32 Å². The van der Waals surface area contributed by atoms with E-state index in [9.17, 15) is 14.9 Å². The van der Waals surface area contributed by atoms with E-state index in [2.05, 4.69) is 37.4 Å². The quantitative estimate of drug-likeness (QED) is 0.396. The maximum atomic E-state index is 12.4. The van der Waals surface area contributed by atoms with Crippen molar-refractivity contribution >= 4 is 40.6 Å². The Morgan fingerprint density at radius 3 is 2.29 bits per heavy atom. The fourth-order valence-electron chi connectivity index (χ4n) is 2.52. The van der Waals surface area contributed by atoms with E-state index < -0.39 is 10.8 Å². The minimum Gasteiger partial charge on any atom is -0.322 e. The third kappa shape index (κ3) is 4.71. The summed E-state index contributed by atoms with van der Waals surface area (Å²) in [7, 11) is 0. The number of nitrogens with one attached hydrogen (secondary N) is 1. The van der Waals surface area contributed by atoms with Crippen LogP contribution in [0.5, 0.6) is 0 Å². The molecule has 0 saturated heterocycles. The monoisotopic (exact) mass is 412 g/mol. The molecule has 142 valence electrons. The summed E-state index contributed by atoms with van der Waals surface area (Å²) >= 11 is 7.42. The van der Waals surface area contributed by atoms with Gasteiger partial charge in [0.2, 0.25) is 0 Å². The SMILES string of the molecule is Cc1ccc(Sc2ccc(NC(=O)c3ccc(Cl)c([N+](=O)[O-])c3)cc2)cc1C. The number of hydrogen-bond acceptors (Lipinski definition) is 4. The number of halogens is 1. The molecule has 0 aromatic heterocycles. The van der Waals surface area contributed by atoms with Crippen LogP contribution in [0.3, 0.4) is 0 Å². The zero-order chi connectivity index (χ0) is 20.3. The maximum Gasteiger partial charge on any atom is 0.288 e. The number of carbonyl (C=O) groups excluding carboxylic acids is 1. The van der Waals surface area contributed by atoms with Gasteiger partial charge in [-0.1, -0.05) is 29.4 Å². The number of nitro benzene ring substituents is 1. The molecular formula is C21H17ClN2O3S. The molecule has 3 aromatic rings. The predicted octanol–water partition coefficient (Wildman–Crippen LogP) is 6.27. The first-order valence-corrected chi connectivity index (χ1v) is 9.63. The van der Waals surface area contributed by atoms with Crippen LogP contribution in [-0.2, 0) is 0 Å². The lowest BCUT2D eigenvalue weighted by atomic mass is 10.1. The largest absolute Gasteiger partial charge is 0.322 e. The lowest BCUT2D eigenvalue weighted by Crippen LogP contribution is -2.12. The van der Waals surface area contributed by atoms with Crippen LogP contribution >= 0.6 is 23.4 Å². The molecule has 0 aliphatic rings. The zero-order valence-electron chi connectivity index (χ0n) is 15.2. The molecule has 0 spiro atoms. The molecule has 0 aliphatic heterocycles. The highest BCUT2D eigenvalue weighted by atomic mass is 35.5. The summed E-state index contributed by atoms with van der Waals surface area (Å²) < 4.78 is 0. The highest BCUT2D eigenvalue weighted by molar-refractivity contribution is 7.99. The number of benzene rings is 3. The van der Waals surface area contributed by atoms with Gasteiger partial charge in [-0.25, -0.2) is 0 Å². The minimum absolute atomic E-state index is 0.00531. The molecule has 0 saturated carbocycles. The van der Waals surface area contributed by atoms with E-state index in [1.165, 1.54) is 29.3 Å². The number of anilines is 1. The normalized spacial score (nSPS) is 10.5. The molecule has 1 amide bonds. The molecule has 1 N–H and O–H groups in total. The average Bonchev–Trinajstić information content (AvgIpc) is 2.66. The van der Waals surface area contributed by atoms with Crippen molar-refractivity contribution in [1.29, 1.82) is 0 Å². The smallest absolute Gasteiger partial charge is 0.288 e. The molecule has 3 rings (SSSR count). The Morgan fingerprint density at radius 2 is 1.64 bits per heavy atom. The lowest BCUT2D eigenvalue weighted by Gasteiger charge is -2.08. The van der Waals surface area contributed by atoms with Crippen molar-refractivity contribution in [2.24, 2.45) is 0 Å². The van der Waals surface area contributed by atoms with E-state index >= 15 is 0 Å². The van der Waals surface area contributed by atoms with Gasteiger partial charge in [0, 0.05) is 27.1 Å². The molecule has 0 heterocycles. The van der Waals surface area contributed by atoms with Gasteiger partial charge in [-0.3, -0.25) is 14.9 Å². The van der Waals surface area contributed by atoms with Crippen LogP contribution < -0.4 is 5.32 Å². The van der Waals surface area contributed by atoms with Crippen LogP contribution in [0.1, 0.15) is 21.5 Å². The summed E-state index contributed by atoms with van der Waals surface area (Å²) in [4.78, 5) is 24.9. The second kappa shape index (κ2) is 8.46. The summed E-state index contributed by atoms with van der Waals surface area (Å²) in [5, 5.41) is 13.7. The molecule has 5 nitrogen and oxygen atoms in total. The molecular weight excluding hydrogens is 396 g/mol. The molecule has 0 bridgehead atoms. The summed E-state index contributed by atoms with van der Waals surface area (Å²) in [5.74, 6) is -0.436. The topological polar surface area (TPSA) is 72.2 Å². The van der Waals surface area contributed by atoms with E-state index in [-0.39, 0.29) is 16.3 Å². The van der Waals surface area contributed by atoms with Gasteiger partial charge in [-0.05, 0) is 73.5 Å². The number of rotatable bonds is 5. The number of hydrogen-bond donors (Lipinski definition) is 1. The maximum absolute atomic E-state index is 12.4. The summed E-state index contributed by atoms with van der Waals surface area (Å²) in [6.07, 6.45) is 0. The van der Waals surface area contributed by atoms with Crippen molar-refractivity contribution in [3.05, 3.63) is 92.5 Å². The number of carbonyl (C=O) groups is 1. The van der Waals surface area contributed by atoms with Gasteiger partial charge in [0.1, 0.15) is 5.02 Å². The average molecular weight is 413 g/mol. The van der Waals surface area contributed by atoms with Crippen LogP contribution in [0.2, 0.25) is 5.02 Å². The van der Waals surface area contributed by atoms with E-state index in [4.69, 9.17) is 11.6 Å². The van der Waals surface area contributed by atoms with Gasteiger partial charge in [0.05, 0.1) is 4.92 Å². The number of nitro groups is 1. The molecule has 0 aliphatic carbocycles. The standard InChI is InChI=1S/C21H17ClN2O3S/c1-13-3-7-18(11-14(13)2)28-17-8-5-16(6-9-17)23-21(25)15-4-10-19(22)20(12-15)24(26)27/h3-12H,1-2H3,(H,23,25). The van der Waals surface area contributed by atoms with Crippen LogP contribution in [0, 0.1) is 24.0 Å². The molecule has 0 radical (unpaired) electrons. The first kappa shape index (κ1) is 19.9. The Hall–Kier alpha value is -2.83. The van der Waals surface area contributed by atoms with Crippen molar-refractivity contribution in [1.82, 2.24) is 0 Å². The molecule has 0 atom stereocenters. The molecule has 0 fully saturated rings. The fraction of sp³-hybridized carbons (Fsp3) is 0.0952. The minimum atomic E-state index is -0.613. The Balaban J connectivity index is 1.70. The van der Waals surface area contributed by atoms with E-state index in [0.717, 1.165) is 9.79 Å². The second-order valence-corrected chi connectivity index (χ2v) is 7.80. The van der Waals surface area contributed by atoms with Crippen LogP contribution in [0.25, 0.3) is 0 Å².